The summed E-state index contributed by atoms with van der Waals surface area (Å²) >= 11 is 0. The Hall–Kier alpha value is -4.04. The monoisotopic (exact) mass is 530 g/mol. The second-order valence-corrected chi connectivity index (χ2v) is 8.36. The summed E-state index contributed by atoms with van der Waals surface area (Å²) in [4.78, 5) is 29.0. The van der Waals surface area contributed by atoms with Gasteiger partial charge in [0.25, 0.3) is 5.91 Å². The highest BCUT2D eigenvalue weighted by molar-refractivity contribution is 6.13. The van der Waals surface area contributed by atoms with Crippen molar-refractivity contribution in [3.8, 4) is 34.7 Å². The zero-order valence-electron chi connectivity index (χ0n) is 25.1. The van der Waals surface area contributed by atoms with E-state index in [0.717, 1.165) is 28.1 Å². The lowest BCUT2D eigenvalue weighted by atomic mass is 9.94. The normalized spacial score (nSPS) is 10.4. The van der Waals surface area contributed by atoms with E-state index >= 15 is 0 Å². The Labute approximate surface area is 234 Å². The van der Waals surface area contributed by atoms with E-state index in [2.05, 4.69) is 17.3 Å². The second-order valence-electron chi connectivity index (χ2n) is 8.36. The number of aliphatic imine (C=N–C) groups is 1. The maximum Gasteiger partial charge on any atom is 0.279 e. The summed E-state index contributed by atoms with van der Waals surface area (Å²) in [6.45, 7) is 16.9. The van der Waals surface area contributed by atoms with E-state index in [-0.39, 0.29) is 23.4 Å². The van der Waals surface area contributed by atoms with Crippen LogP contribution >= 0.6 is 0 Å². The minimum absolute atomic E-state index is 0.0406. The van der Waals surface area contributed by atoms with Gasteiger partial charge in [-0.3, -0.25) is 9.59 Å². The number of terminal acetylenes is 1. The molecular weight excluding hydrogens is 487 g/mol. The van der Waals surface area contributed by atoms with Crippen molar-refractivity contribution in [2.75, 3.05) is 0 Å². The van der Waals surface area contributed by atoms with Gasteiger partial charge in [0.2, 0.25) is 0 Å². The van der Waals surface area contributed by atoms with Crippen molar-refractivity contribution in [3.05, 3.63) is 83.8 Å². The largest absolute Gasteiger partial charge is 0.346 e. The number of aromatic nitrogens is 1. The number of benzene rings is 2. The molecule has 0 aliphatic carbocycles. The van der Waals surface area contributed by atoms with Crippen LogP contribution in [0.3, 0.4) is 0 Å². The molecule has 0 aliphatic rings. The van der Waals surface area contributed by atoms with E-state index in [1.807, 2.05) is 83.5 Å². The van der Waals surface area contributed by atoms with Crippen molar-refractivity contribution in [3.63, 3.8) is 0 Å². The molecule has 1 heterocycles. The molecule has 0 fully saturated rings. The molecule has 0 aliphatic heterocycles. The van der Waals surface area contributed by atoms with Crippen molar-refractivity contribution in [1.29, 1.82) is 0 Å². The minimum Gasteiger partial charge on any atom is -0.346 e. The smallest absolute Gasteiger partial charge is 0.279 e. The number of carbonyl (C=O) groups excluding carboxylic acids is 2. The van der Waals surface area contributed by atoms with Crippen LogP contribution in [-0.4, -0.2) is 22.0 Å². The van der Waals surface area contributed by atoms with Gasteiger partial charge in [-0.05, 0) is 74.2 Å². The predicted octanol–water partition coefficient (Wildman–Crippen LogP) is 9.06. The first kappa shape index (κ1) is 35.0. The quantitative estimate of drug-likeness (QED) is 0.181. The van der Waals surface area contributed by atoms with Crippen molar-refractivity contribution >= 4 is 17.4 Å². The molecule has 0 saturated heterocycles. The molecule has 3 aromatic rings. The van der Waals surface area contributed by atoms with E-state index in [1.165, 1.54) is 25.1 Å². The van der Waals surface area contributed by atoms with Gasteiger partial charge in [-0.15, -0.1) is 12.3 Å². The lowest BCUT2D eigenvalue weighted by Gasteiger charge is -2.12. The molecule has 0 spiro atoms. The first-order chi connectivity index (χ1) is 18.6. The van der Waals surface area contributed by atoms with Crippen molar-refractivity contribution in [1.82, 2.24) is 4.57 Å². The summed E-state index contributed by atoms with van der Waals surface area (Å²) < 4.78 is 15.6. The predicted molar refractivity (Wildman–Crippen MR) is 165 cm³/mol. The average Bonchev–Trinajstić information content (AvgIpc) is 3.24. The zero-order valence-corrected chi connectivity index (χ0v) is 25.1. The third-order valence-corrected chi connectivity index (χ3v) is 5.22. The summed E-state index contributed by atoms with van der Waals surface area (Å²) in [5, 5.41) is 0. The van der Waals surface area contributed by atoms with Crippen LogP contribution in [-0.2, 0) is 11.8 Å². The Morgan fingerprint density at radius 3 is 1.90 bits per heavy atom. The molecule has 0 N–H and O–H groups in total. The molecule has 2 aromatic carbocycles. The first-order valence-corrected chi connectivity index (χ1v) is 13.3. The van der Waals surface area contributed by atoms with Crippen LogP contribution in [0.25, 0.3) is 22.4 Å². The molecule has 4 nitrogen and oxygen atoms in total. The van der Waals surface area contributed by atoms with Crippen LogP contribution in [0.2, 0.25) is 0 Å². The van der Waals surface area contributed by atoms with Gasteiger partial charge >= 0.3 is 0 Å². The Bertz CT molecular complexity index is 1290. The van der Waals surface area contributed by atoms with Crippen LogP contribution < -0.4 is 0 Å². The highest BCUT2D eigenvalue weighted by Crippen LogP contribution is 2.41. The number of rotatable bonds is 6. The van der Waals surface area contributed by atoms with Crippen LogP contribution in [0.4, 0.5) is 4.39 Å². The van der Waals surface area contributed by atoms with Crippen molar-refractivity contribution in [2.45, 2.75) is 68.2 Å². The molecule has 1 amide bonds. The fourth-order valence-electron chi connectivity index (χ4n) is 3.92. The molecule has 39 heavy (non-hydrogen) atoms. The molecule has 0 bridgehead atoms. The van der Waals surface area contributed by atoms with Gasteiger partial charge in [0.05, 0.1) is 11.3 Å². The highest BCUT2D eigenvalue weighted by atomic mass is 19.1. The van der Waals surface area contributed by atoms with Crippen LogP contribution in [0, 0.1) is 18.2 Å². The van der Waals surface area contributed by atoms with Gasteiger partial charge in [0, 0.05) is 24.0 Å². The Morgan fingerprint density at radius 1 is 0.923 bits per heavy atom. The number of nitrogens with zero attached hydrogens (tertiary/aromatic N) is 2. The maximum atomic E-state index is 13.6. The van der Waals surface area contributed by atoms with E-state index in [0.29, 0.717) is 11.3 Å². The summed E-state index contributed by atoms with van der Waals surface area (Å²) in [7, 11) is 1.92. The third-order valence-electron chi connectivity index (χ3n) is 5.22. The summed E-state index contributed by atoms with van der Waals surface area (Å²) in [5.41, 5.74) is 5.10. The topological polar surface area (TPSA) is 51.4 Å². The van der Waals surface area contributed by atoms with E-state index in [1.54, 1.807) is 32.1 Å². The van der Waals surface area contributed by atoms with Gasteiger partial charge in [-0.1, -0.05) is 71.9 Å². The molecule has 0 atom stereocenters. The Kier molecular flexibility index (Phi) is 16.4. The molecule has 0 radical (unpaired) electrons. The van der Waals surface area contributed by atoms with Crippen molar-refractivity contribution in [2.24, 2.45) is 12.0 Å². The average molecular weight is 531 g/mol. The zero-order chi connectivity index (χ0) is 30.1. The lowest BCUT2D eigenvalue weighted by molar-refractivity contribution is -0.112. The number of hydrogen-bond donors (Lipinski definition) is 0. The van der Waals surface area contributed by atoms with Gasteiger partial charge in [-0.2, -0.15) is 0 Å². The Balaban J connectivity index is 0.00000189. The first-order valence-electron chi connectivity index (χ1n) is 13.3. The van der Waals surface area contributed by atoms with Gasteiger partial charge in [0.15, 0.2) is 5.78 Å². The molecule has 0 unspecified atom stereocenters. The highest BCUT2D eigenvalue weighted by Gasteiger charge is 2.28. The number of carbonyl (C=O) groups is 2. The summed E-state index contributed by atoms with van der Waals surface area (Å²) in [6.07, 6.45) is 7.53. The number of hydrogen-bond acceptors (Lipinski definition) is 2. The van der Waals surface area contributed by atoms with Gasteiger partial charge in [-0.25, -0.2) is 9.38 Å². The number of amides is 1. The molecule has 1 aromatic heterocycles. The maximum absolute atomic E-state index is 13.6. The standard InChI is InChI=1S/C27H27FN2O2.C3H4.2C2H6/c1-17(2)25-24(27(32)29-18(3)11-12-19(4)31)23(20-9-7-6-8-10-20)26(30(25)5)21-13-15-22(28)16-14-21;1-3-2;2*1-2/h6-17H,1-5H3;1H,2H3;2*1-2H3/b12-11-,29-18?;;;. The van der Waals surface area contributed by atoms with E-state index < -0.39 is 0 Å². The lowest BCUT2D eigenvalue weighted by Crippen LogP contribution is -2.07. The fourth-order valence-corrected chi connectivity index (χ4v) is 3.92. The number of allylic oxidation sites excluding steroid dienone is 2. The summed E-state index contributed by atoms with van der Waals surface area (Å²) in [5.74, 6) is 1.49. The van der Waals surface area contributed by atoms with Crippen LogP contribution in [0.1, 0.15) is 84.3 Å². The number of halogens is 1. The number of ketones is 1. The molecule has 208 valence electrons. The minimum atomic E-state index is -0.373. The molecular formula is C34H43FN2O2. The van der Waals surface area contributed by atoms with E-state index in [9.17, 15) is 14.0 Å². The van der Waals surface area contributed by atoms with Crippen LogP contribution in [0.15, 0.2) is 71.7 Å². The molecule has 3 rings (SSSR count). The summed E-state index contributed by atoms with van der Waals surface area (Å²) in [6, 6.07) is 16.0. The van der Waals surface area contributed by atoms with Crippen LogP contribution in [0.5, 0.6) is 0 Å². The molecule has 0 saturated carbocycles. The third kappa shape index (κ3) is 9.98. The Morgan fingerprint density at radius 2 is 1.44 bits per heavy atom. The van der Waals surface area contributed by atoms with Gasteiger partial charge < -0.3 is 4.57 Å². The SMILES string of the molecule is C#CC.CC.CC.CC(=O)/C=C\C(C)=NC(=O)c1c(-c2ccccc2)c(-c2ccc(F)cc2)n(C)c1C(C)C. The fraction of sp³-hybridized carbons (Fsp3) is 0.324. The second kappa shape index (κ2) is 18.3. The molecule has 5 heteroatoms. The van der Waals surface area contributed by atoms with E-state index in [4.69, 9.17) is 0 Å². The van der Waals surface area contributed by atoms with Gasteiger partial charge in [0.1, 0.15) is 5.82 Å². The van der Waals surface area contributed by atoms with Crippen molar-refractivity contribution < 1.29 is 14.0 Å².